The number of nitrogens with zero attached hydrogens (tertiary/aromatic N) is 4. The zero-order chi connectivity index (χ0) is 22.1. The maximum absolute atomic E-state index is 12.4. The van der Waals surface area contributed by atoms with Crippen LogP contribution in [0.5, 0.6) is 11.5 Å². The number of amides is 1. The summed E-state index contributed by atoms with van der Waals surface area (Å²) < 4.78 is 10.5. The third-order valence-electron chi connectivity index (χ3n) is 5.00. The molecule has 0 bridgehead atoms. The lowest BCUT2D eigenvalue weighted by Crippen LogP contribution is -2.48. The lowest BCUT2D eigenvalue weighted by atomic mass is 10.1. The van der Waals surface area contributed by atoms with E-state index in [1.165, 1.54) is 6.08 Å². The van der Waals surface area contributed by atoms with E-state index >= 15 is 0 Å². The summed E-state index contributed by atoms with van der Waals surface area (Å²) in [5.74, 6) is 1.92. The van der Waals surface area contributed by atoms with Gasteiger partial charge in [0.15, 0.2) is 11.5 Å². The molecule has 0 unspecified atom stereocenters. The largest absolute Gasteiger partial charge is 0.493 e. The van der Waals surface area contributed by atoms with Gasteiger partial charge in [-0.05, 0) is 23.8 Å². The number of piperazine rings is 1. The molecule has 8 heteroatoms. The van der Waals surface area contributed by atoms with Gasteiger partial charge in [0, 0.05) is 51.1 Å². The lowest BCUT2D eigenvalue weighted by Gasteiger charge is -2.34. The van der Waals surface area contributed by atoms with Crippen LogP contribution in [-0.4, -0.2) is 72.4 Å². The fourth-order valence-corrected chi connectivity index (χ4v) is 3.33. The van der Waals surface area contributed by atoms with E-state index in [0.717, 1.165) is 5.56 Å². The third-order valence-corrected chi connectivity index (χ3v) is 5.00. The van der Waals surface area contributed by atoms with Gasteiger partial charge < -0.3 is 24.4 Å². The van der Waals surface area contributed by atoms with E-state index in [9.17, 15) is 9.90 Å². The second kappa shape index (κ2) is 11.1. The number of ether oxygens (including phenoxy) is 2. The zero-order valence-electron chi connectivity index (χ0n) is 17.8. The molecule has 1 aliphatic heterocycles. The van der Waals surface area contributed by atoms with Gasteiger partial charge in [-0.3, -0.25) is 4.79 Å². The van der Waals surface area contributed by atoms with Crippen molar-refractivity contribution >= 4 is 11.9 Å². The highest BCUT2D eigenvalue weighted by molar-refractivity contribution is 5.88. The van der Waals surface area contributed by atoms with Crippen molar-refractivity contribution in [2.45, 2.75) is 12.5 Å². The summed E-state index contributed by atoms with van der Waals surface area (Å²) >= 11 is 0. The van der Waals surface area contributed by atoms with Crippen LogP contribution in [0.1, 0.15) is 5.56 Å². The van der Waals surface area contributed by atoms with E-state index in [-0.39, 0.29) is 5.91 Å². The Balaban J connectivity index is 1.45. The molecule has 1 saturated heterocycles. The molecule has 1 aliphatic rings. The summed E-state index contributed by atoms with van der Waals surface area (Å²) in [6.07, 6.45) is 9.72. The van der Waals surface area contributed by atoms with Crippen LogP contribution in [0.4, 0.5) is 5.95 Å². The molecule has 2 heterocycles. The second-order valence-corrected chi connectivity index (χ2v) is 7.07. The Morgan fingerprint density at radius 1 is 1.10 bits per heavy atom. The molecule has 0 radical (unpaired) electrons. The predicted molar refractivity (Wildman–Crippen MR) is 118 cm³/mol. The number of rotatable bonds is 8. The first-order chi connectivity index (χ1) is 15.1. The molecule has 164 valence electrons. The van der Waals surface area contributed by atoms with Gasteiger partial charge >= 0.3 is 0 Å². The Morgan fingerprint density at radius 2 is 1.81 bits per heavy atom. The Bertz CT molecular complexity index is 909. The molecule has 0 spiro atoms. The first kappa shape index (κ1) is 22.3. The zero-order valence-corrected chi connectivity index (χ0v) is 17.8. The van der Waals surface area contributed by atoms with Crippen LogP contribution in [0.2, 0.25) is 0 Å². The van der Waals surface area contributed by atoms with Crippen LogP contribution < -0.4 is 14.4 Å². The molecule has 1 amide bonds. The first-order valence-electron chi connectivity index (χ1n) is 10.2. The SMILES string of the molecule is COc1ccc(C[C@@H](O)/C=C/C=C/C(=O)N2CCN(c3ncccn3)CC2)cc1OC. The number of aliphatic hydroxyl groups is 1. The lowest BCUT2D eigenvalue weighted by molar-refractivity contribution is -0.126. The molecule has 31 heavy (non-hydrogen) atoms. The number of hydrogen-bond acceptors (Lipinski definition) is 7. The van der Waals surface area contributed by atoms with Crippen LogP contribution >= 0.6 is 0 Å². The van der Waals surface area contributed by atoms with Gasteiger partial charge in [-0.25, -0.2) is 9.97 Å². The van der Waals surface area contributed by atoms with E-state index in [2.05, 4.69) is 14.9 Å². The van der Waals surface area contributed by atoms with E-state index in [1.807, 2.05) is 18.2 Å². The number of carbonyl (C=O) groups is 1. The monoisotopic (exact) mass is 424 g/mol. The van der Waals surface area contributed by atoms with E-state index < -0.39 is 6.10 Å². The molecule has 0 saturated carbocycles. The van der Waals surface area contributed by atoms with E-state index in [4.69, 9.17) is 9.47 Å². The molecule has 1 N–H and O–H groups in total. The van der Waals surface area contributed by atoms with E-state index in [1.54, 1.807) is 55.8 Å². The number of allylic oxidation sites excluding steroid dienone is 2. The average Bonchev–Trinajstić information content (AvgIpc) is 2.82. The molecule has 1 aromatic carbocycles. The number of carbonyl (C=O) groups excluding carboxylic acids is 1. The molecule has 1 fully saturated rings. The third kappa shape index (κ3) is 6.29. The van der Waals surface area contributed by atoms with Crippen molar-refractivity contribution in [3.8, 4) is 11.5 Å². The molecule has 8 nitrogen and oxygen atoms in total. The minimum atomic E-state index is -0.674. The summed E-state index contributed by atoms with van der Waals surface area (Å²) in [6.45, 7) is 2.63. The summed E-state index contributed by atoms with van der Waals surface area (Å²) in [6, 6.07) is 7.33. The Morgan fingerprint density at radius 3 is 2.48 bits per heavy atom. The number of benzene rings is 1. The quantitative estimate of drug-likeness (QED) is 0.511. The molecule has 2 aromatic rings. The highest BCUT2D eigenvalue weighted by Gasteiger charge is 2.20. The predicted octanol–water partition coefficient (Wildman–Crippen LogP) is 1.86. The molecule has 0 aliphatic carbocycles. The maximum Gasteiger partial charge on any atom is 0.246 e. The summed E-state index contributed by atoms with van der Waals surface area (Å²) in [5.41, 5.74) is 0.926. The maximum atomic E-state index is 12.4. The highest BCUT2D eigenvalue weighted by atomic mass is 16.5. The number of aromatic nitrogens is 2. The minimum absolute atomic E-state index is 0.0485. The van der Waals surface area contributed by atoms with Crippen molar-refractivity contribution in [1.29, 1.82) is 0 Å². The van der Waals surface area contributed by atoms with Gasteiger partial charge in [0.2, 0.25) is 11.9 Å². The van der Waals surface area contributed by atoms with Crippen LogP contribution in [0.25, 0.3) is 0 Å². The topological polar surface area (TPSA) is 88.0 Å². The van der Waals surface area contributed by atoms with Crippen molar-refractivity contribution in [2.75, 3.05) is 45.3 Å². The molecule has 1 aromatic heterocycles. The van der Waals surface area contributed by atoms with Crippen LogP contribution in [0.15, 0.2) is 61.0 Å². The highest BCUT2D eigenvalue weighted by Crippen LogP contribution is 2.28. The van der Waals surface area contributed by atoms with Gasteiger partial charge in [0.25, 0.3) is 0 Å². The number of anilines is 1. The average molecular weight is 425 g/mol. The van der Waals surface area contributed by atoms with Gasteiger partial charge in [0.05, 0.1) is 20.3 Å². The van der Waals surface area contributed by atoms with Crippen LogP contribution in [0, 0.1) is 0 Å². The molecule has 3 rings (SSSR count). The smallest absolute Gasteiger partial charge is 0.246 e. The van der Waals surface area contributed by atoms with Crippen molar-refractivity contribution in [3.05, 3.63) is 66.5 Å². The number of methoxy groups -OCH3 is 2. The fraction of sp³-hybridized carbons (Fsp3) is 0.348. The van der Waals surface area contributed by atoms with Gasteiger partial charge in [-0.1, -0.05) is 24.3 Å². The van der Waals surface area contributed by atoms with E-state index in [0.29, 0.717) is 50.0 Å². The number of aliphatic hydroxyl groups excluding tert-OH is 1. The van der Waals surface area contributed by atoms with Crippen LogP contribution in [-0.2, 0) is 11.2 Å². The Labute approximate surface area is 182 Å². The second-order valence-electron chi connectivity index (χ2n) is 7.07. The normalized spacial score (nSPS) is 15.5. The Kier molecular flexibility index (Phi) is 8.00. The molecular formula is C23H28N4O4. The van der Waals surface area contributed by atoms with Crippen LogP contribution in [0.3, 0.4) is 0 Å². The summed E-state index contributed by atoms with van der Waals surface area (Å²) in [5, 5.41) is 10.2. The van der Waals surface area contributed by atoms with Crippen molar-refractivity contribution in [2.24, 2.45) is 0 Å². The summed E-state index contributed by atoms with van der Waals surface area (Å²) in [7, 11) is 3.16. The number of hydrogen-bond donors (Lipinski definition) is 1. The van der Waals surface area contributed by atoms with Gasteiger partial charge in [-0.15, -0.1) is 0 Å². The first-order valence-corrected chi connectivity index (χ1v) is 10.2. The standard InChI is InChI=1S/C23H28N4O4/c1-30-20-9-8-18(17-21(20)31-2)16-19(28)6-3-4-7-22(29)26-12-14-27(15-13-26)23-24-10-5-11-25-23/h3-11,17,19,28H,12-16H2,1-2H3/b6-3+,7-4+/t19-/m0/s1. The Hall–Kier alpha value is -3.39. The minimum Gasteiger partial charge on any atom is -0.493 e. The fourth-order valence-electron chi connectivity index (χ4n) is 3.33. The van der Waals surface area contributed by atoms with Gasteiger partial charge in [0.1, 0.15) is 0 Å². The van der Waals surface area contributed by atoms with Crippen molar-refractivity contribution in [3.63, 3.8) is 0 Å². The van der Waals surface area contributed by atoms with Crippen molar-refractivity contribution < 1.29 is 19.4 Å². The molecule has 1 atom stereocenters. The summed E-state index contributed by atoms with van der Waals surface area (Å²) in [4.78, 5) is 24.7. The van der Waals surface area contributed by atoms with Crippen molar-refractivity contribution in [1.82, 2.24) is 14.9 Å². The van der Waals surface area contributed by atoms with Gasteiger partial charge in [-0.2, -0.15) is 0 Å². The molecular weight excluding hydrogens is 396 g/mol.